The molecule has 3 nitrogen and oxygen atoms in total. The van der Waals surface area contributed by atoms with Crippen LogP contribution in [0.15, 0.2) is 40.9 Å². The van der Waals surface area contributed by atoms with Crippen molar-refractivity contribution in [3.63, 3.8) is 0 Å². The van der Waals surface area contributed by atoms with Gasteiger partial charge in [-0.15, -0.1) is 0 Å². The van der Waals surface area contributed by atoms with Crippen molar-refractivity contribution in [2.24, 2.45) is 0 Å². The van der Waals surface area contributed by atoms with Gasteiger partial charge in [-0.3, -0.25) is 0 Å². The molecular weight excluding hydrogens is 316 g/mol. The van der Waals surface area contributed by atoms with E-state index in [1.807, 2.05) is 31.3 Å². The molecule has 2 aromatic rings. The standard InChI is InChI=1S/C16H17BrN2O/c1-19(15-5-3-2-4-14(15)18)10-12-9-13(17)8-11-6-7-20-16(11)12/h2-5,8-9H,6-7,10,18H2,1H3. The third kappa shape index (κ3) is 2.48. The molecule has 2 N–H and O–H groups in total. The molecule has 20 heavy (non-hydrogen) atoms. The monoisotopic (exact) mass is 332 g/mol. The molecule has 1 heterocycles. The summed E-state index contributed by atoms with van der Waals surface area (Å²) in [7, 11) is 2.05. The van der Waals surface area contributed by atoms with E-state index in [2.05, 4.69) is 33.0 Å². The van der Waals surface area contributed by atoms with Crippen molar-refractivity contribution in [1.29, 1.82) is 0 Å². The number of benzene rings is 2. The van der Waals surface area contributed by atoms with E-state index in [1.165, 1.54) is 11.1 Å². The maximum absolute atomic E-state index is 6.04. The first-order valence-corrected chi connectivity index (χ1v) is 7.44. The number of anilines is 2. The van der Waals surface area contributed by atoms with E-state index in [0.29, 0.717) is 0 Å². The Labute approximate surface area is 127 Å². The lowest BCUT2D eigenvalue weighted by molar-refractivity contribution is 0.353. The first-order valence-electron chi connectivity index (χ1n) is 6.65. The van der Waals surface area contributed by atoms with E-state index in [0.717, 1.165) is 41.2 Å². The van der Waals surface area contributed by atoms with Crippen LogP contribution in [0.3, 0.4) is 0 Å². The van der Waals surface area contributed by atoms with Crippen LogP contribution in [0.1, 0.15) is 11.1 Å². The van der Waals surface area contributed by atoms with Gasteiger partial charge >= 0.3 is 0 Å². The summed E-state index contributed by atoms with van der Waals surface area (Å²) in [5, 5.41) is 0. The Kier molecular flexibility index (Phi) is 3.57. The molecule has 0 saturated carbocycles. The number of nitrogen functional groups attached to an aromatic ring is 1. The van der Waals surface area contributed by atoms with Crippen LogP contribution >= 0.6 is 15.9 Å². The number of nitrogens with two attached hydrogens (primary N) is 1. The predicted octanol–water partition coefficient (Wildman–Crippen LogP) is 3.60. The summed E-state index contributed by atoms with van der Waals surface area (Å²) in [5.74, 6) is 1.04. The van der Waals surface area contributed by atoms with Gasteiger partial charge in [0.05, 0.1) is 18.0 Å². The molecule has 104 valence electrons. The molecule has 0 aliphatic carbocycles. The number of hydrogen-bond donors (Lipinski definition) is 1. The lowest BCUT2D eigenvalue weighted by Crippen LogP contribution is -2.18. The molecule has 0 spiro atoms. The SMILES string of the molecule is CN(Cc1cc(Br)cc2c1OCC2)c1ccccc1N. The third-order valence-electron chi connectivity index (χ3n) is 3.58. The van der Waals surface area contributed by atoms with Gasteiger partial charge in [0.15, 0.2) is 0 Å². The zero-order chi connectivity index (χ0) is 14.1. The molecule has 0 fully saturated rings. The minimum absolute atomic E-state index is 0.774. The Morgan fingerprint density at radius 1 is 1.30 bits per heavy atom. The molecule has 0 bridgehead atoms. The smallest absolute Gasteiger partial charge is 0.127 e. The highest BCUT2D eigenvalue weighted by atomic mass is 79.9. The minimum atomic E-state index is 0.774. The Morgan fingerprint density at radius 3 is 2.90 bits per heavy atom. The summed E-state index contributed by atoms with van der Waals surface area (Å²) in [6.07, 6.45) is 0.985. The molecule has 0 atom stereocenters. The number of hydrogen-bond acceptors (Lipinski definition) is 3. The van der Waals surface area contributed by atoms with E-state index in [4.69, 9.17) is 10.5 Å². The molecule has 0 saturated heterocycles. The molecule has 0 aromatic heterocycles. The van der Waals surface area contributed by atoms with Crippen molar-refractivity contribution in [1.82, 2.24) is 0 Å². The molecular formula is C16H17BrN2O. The Hall–Kier alpha value is -1.68. The summed E-state index contributed by atoms with van der Waals surface area (Å²) < 4.78 is 6.88. The number of nitrogens with zero attached hydrogens (tertiary/aromatic N) is 1. The Morgan fingerprint density at radius 2 is 2.10 bits per heavy atom. The zero-order valence-electron chi connectivity index (χ0n) is 11.4. The fourth-order valence-corrected chi connectivity index (χ4v) is 3.19. The van der Waals surface area contributed by atoms with Crippen LogP contribution in [-0.4, -0.2) is 13.7 Å². The second-order valence-electron chi connectivity index (χ2n) is 5.07. The largest absolute Gasteiger partial charge is 0.493 e. The first kappa shape index (κ1) is 13.3. The fraction of sp³-hybridized carbons (Fsp3) is 0.250. The first-order chi connectivity index (χ1) is 9.65. The van der Waals surface area contributed by atoms with Crippen molar-refractivity contribution in [2.45, 2.75) is 13.0 Å². The molecule has 0 radical (unpaired) electrons. The molecule has 2 aromatic carbocycles. The van der Waals surface area contributed by atoms with Crippen LogP contribution in [0, 0.1) is 0 Å². The molecule has 0 amide bonds. The maximum atomic E-state index is 6.04. The summed E-state index contributed by atoms with van der Waals surface area (Å²) in [6, 6.07) is 12.2. The lowest BCUT2D eigenvalue weighted by Gasteiger charge is -2.22. The molecule has 4 heteroatoms. The quantitative estimate of drug-likeness (QED) is 0.872. The molecule has 1 aliphatic rings. The summed E-state index contributed by atoms with van der Waals surface area (Å²) >= 11 is 3.58. The van der Waals surface area contributed by atoms with Gasteiger partial charge in [-0.05, 0) is 29.8 Å². The second-order valence-corrected chi connectivity index (χ2v) is 5.98. The number of fused-ring (bicyclic) bond motifs is 1. The molecule has 3 rings (SSSR count). The summed E-state index contributed by atoms with van der Waals surface area (Å²) in [6.45, 7) is 1.55. The van der Waals surface area contributed by atoms with Gasteiger partial charge in [0, 0.05) is 30.0 Å². The highest BCUT2D eigenvalue weighted by Crippen LogP contribution is 2.34. The van der Waals surface area contributed by atoms with Gasteiger partial charge < -0.3 is 15.4 Å². The highest BCUT2D eigenvalue weighted by molar-refractivity contribution is 9.10. The Balaban J connectivity index is 1.90. The number of ether oxygens (including phenoxy) is 1. The number of rotatable bonds is 3. The van der Waals surface area contributed by atoms with Crippen molar-refractivity contribution >= 4 is 27.3 Å². The van der Waals surface area contributed by atoms with Gasteiger partial charge in [0.25, 0.3) is 0 Å². The summed E-state index contributed by atoms with van der Waals surface area (Å²) in [5.41, 5.74) is 10.3. The number of para-hydroxylation sites is 2. The van der Waals surface area contributed by atoms with E-state index < -0.39 is 0 Å². The van der Waals surface area contributed by atoms with Crippen molar-refractivity contribution in [3.8, 4) is 5.75 Å². The predicted molar refractivity (Wildman–Crippen MR) is 86.3 cm³/mol. The van der Waals surface area contributed by atoms with E-state index in [9.17, 15) is 0 Å². The zero-order valence-corrected chi connectivity index (χ0v) is 13.0. The second kappa shape index (κ2) is 5.37. The van der Waals surface area contributed by atoms with Crippen LogP contribution in [0.4, 0.5) is 11.4 Å². The lowest BCUT2D eigenvalue weighted by atomic mass is 10.1. The summed E-state index contributed by atoms with van der Waals surface area (Å²) in [4.78, 5) is 2.15. The van der Waals surface area contributed by atoms with Crippen LogP contribution in [0.5, 0.6) is 5.75 Å². The Bertz CT molecular complexity index is 642. The van der Waals surface area contributed by atoms with Gasteiger partial charge in [-0.25, -0.2) is 0 Å². The molecule has 1 aliphatic heterocycles. The third-order valence-corrected chi connectivity index (χ3v) is 4.04. The average Bonchev–Trinajstić information content (AvgIpc) is 2.87. The van der Waals surface area contributed by atoms with Gasteiger partial charge in [0.1, 0.15) is 5.75 Å². The van der Waals surface area contributed by atoms with E-state index >= 15 is 0 Å². The van der Waals surface area contributed by atoms with Gasteiger partial charge in [-0.2, -0.15) is 0 Å². The average molecular weight is 333 g/mol. The van der Waals surface area contributed by atoms with Crippen molar-refractivity contribution in [3.05, 3.63) is 52.0 Å². The normalized spacial score (nSPS) is 12.9. The van der Waals surface area contributed by atoms with Gasteiger partial charge in [0.2, 0.25) is 0 Å². The van der Waals surface area contributed by atoms with Gasteiger partial charge in [-0.1, -0.05) is 28.1 Å². The van der Waals surface area contributed by atoms with Crippen molar-refractivity contribution < 1.29 is 4.74 Å². The molecule has 0 unspecified atom stereocenters. The fourth-order valence-electron chi connectivity index (χ4n) is 2.64. The number of halogens is 1. The van der Waals surface area contributed by atoms with E-state index in [-0.39, 0.29) is 0 Å². The van der Waals surface area contributed by atoms with E-state index in [1.54, 1.807) is 0 Å². The van der Waals surface area contributed by atoms with Crippen molar-refractivity contribution in [2.75, 3.05) is 24.3 Å². The maximum Gasteiger partial charge on any atom is 0.127 e. The highest BCUT2D eigenvalue weighted by Gasteiger charge is 2.18. The topological polar surface area (TPSA) is 38.5 Å². The van der Waals surface area contributed by atoms with Crippen LogP contribution in [0.25, 0.3) is 0 Å². The van der Waals surface area contributed by atoms with Crippen LogP contribution in [0.2, 0.25) is 0 Å². The minimum Gasteiger partial charge on any atom is -0.493 e. The van der Waals surface area contributed by atoms with Crippen LogP contribution in [-0.2, 0) is 13.0 Å². The van der Waals surface area contributed by atoms with Crippen LogP contribution < -0.4 is 15.4 Å².